The monoisotopic (exact) mass is 1020 g/mol. The Hall–Kier alpha value is -3.79. The van der Waals surface area contributed by atoms with Crippen LogP contribution in [-0.4, -0.2) is 35.3 Å². The summed E-state index contributed by atoms with van der Waals surface area (Å²) in [5.41, 5.74) is 5.91. The number of carbonyl (C=O) groups is 1. The quantitative estimate of drug-likeness (QED) is 0.142. The molecule has 0 unspecified atom stereocenters. The van der Waals surface area contributed by atoms with E-state index in [1.54, 1.807) is 17.0 Å². The number of carbonyl (C=O) groups excluding carboxylic acids is 1. The van der Waals surface area contributed by atoms with Crippen LogP contribution in [0.3, 0.4) is 0 Å². The Balaban J connectivity index is 0.000000168. The highest BCUT2D eigenvalue weighted by atomic mass is 35.5. The molecule has 0 N–H and O–H groups in total. The van der Waals surface area contributed by atoms with Crippen LogP contribution in [0.15, 0.2) is 121 Å². The van der Waals surface area contributed by atoms with E-state index in [0.29, 0.717) is 55.6 Å². The Kier molecular flexibility index (Phi) is 14.9. The van der Waals surface area contributed by atoms with Crippen LogP contribution in [0.4, 0.5) is 17.6 Å². The molecule has 0 aromatic heterocycles. The molecule has 0 bridgehead atoms. The summed E-state index contributed by atoms with van der Waals surface area (Å²) in [6.45, 7) is 3.26. The second kappa shape index (κ2) is 20.7. The number of nitrogens with zero attached hydrogens (tertiary/aromatic N) is 2. The maximum Gasteiger partial charge on any atom is 0.226 e. The van der Waals surface area contributed by atoms with E-state index in [-0.39, 0.29) is 48.0 Å². The van der Waals surface area contributed by atoms with Crippen molar-refractivity contribution in [3.8, 4) is 0 Å². The van der Waals surface area contributed by atoms with E-state index in [1.807, 2.05) is 60.7 Å². The van der Waals surface area contributed by atoms with Crippen LogP contribution in [0.1, 0.15) is 82.7 Å². The molecule has 1 amide bonds. The third-order valence-corrected chi connectivity index (χ3v) is 16.2. The summed E-state index contributed by atoms with van der Waals surface area (Å²) in [6.07, 6.45) is 3.69. The van der Waals surface area contributed by atoms with Crippen molar-refractivity contribution < 1.29 is 22.4 Å². The van der Waals surface area contributed by atoms with Gasteiger partial charge in [-0.25, -0.2) is 17.6 Å². The number of hydrogen-bond acceptors (Lipinski definition) is 2. The zero-order valence-electron chi connectivity index (χ0n) is 36.1. The molecule has 2 aliphatic carbocycles. The molecule has 348 valence electrons. The molecule has 2 saturated carbocycles. The first-order valence-electron chi connectivity index (χ1n) is 22.5. The summed E-state index contributed by atoms with van der Waals surface area (Å²) in [6, 6.07) is 35.3. The van der Waals surface area contributed by atoms with E-state index in [1.165, 1.54) is 23.8 Å². The fourth-order valence-electron chi connectivity index (χ4n) is 11.7. The van der Waals surface area contributed by atoms with E-state index >= 15 is 0 Å². The maximum atomic E-state index is 13.8. The van der Waals surface area contributed by atoms with Crippen molar-refractivity contribution in [2.45, 2.75) is 62.4 Å². The zero-order valence-corrected chi connectivity index (χ0v) is 40.6. The third-order valence-electron chi connectivity index (χ3n) is 14.6. The van der Waals surface area contributed by atoms with E-state index in [9.17, 15) is 22.4 Å². The Morgan fingerprint density at radius 1 is 0.448 bits per heavy atom. The van der Waals surface area contributed by atoms with Gasteiger partial charge in [-0.05, 0) is 173 Å². The molecule has 13 heteroatoms. The van der Waals surface area contributed by atoms with Gasteiger partial charge in [0.2, 0.25) is 5.91 Å². The van der Waals surface area contributed by atoms with Crippen molar-refractivity contribution in [3.63, 3.8) is 0 Å². The SMILES string of the molecule is Fc1ccc(CN2C[C@@H]3CC[C@@H](c4ccc(Cl)cc4Cl)[C@H](c4ccc(Cl)cc4)[C@@H]3C2)cc1F.O=C1[C@@H]2CC[C@@H](c3ccc(Cl)cc3Cl)[C@H](c3ccc(Cl)cc3)[C@@H]2CN1Cc1ccc(F)c(F)c1. The molecule has 0 radical (unpaired) electrons. The predicted molar refractivity (Wildman–Crippen MR) is 263 cm³/mol. The van der Waals surface area contributed by atoms with E-state index < -0.39 is 23.3 Å². The van der Waals surface area contributed by atoms with Gasteiger partial charge in [-0.1, -0.05) is 118 Å². The molecule has 67 heavy (non-hydrogen) atoms. The highest BCUT2D eigenvalue weighted by Crippen LogP contribution is 2.55. The van der Waals surface area contributed by atoms with Gasteiger partial charge >= 0.3 is 0 Å². The maximum absolute atomic E-state index is 13.8. The van der Waals surface area contributed by atoms with Crippen LogP contribution >= 0.6 is 69.6 Å². The van der Waals surface area contributed by atoms with Gasteiger partial charge in [-0.15, -0.1) is 0 Å². The molecule has 4 fully saturated rings. The molecular weight excluding hydrogens is 981 g/mol. The number of fused-ring (bicyclic) bond motifs is 2. The first-order chi connectivity index (χ1) is 32.2. The van der Waals surface area contributed by atoms with E-state index in [4.69, 9.17) is 69.6 Å². The minimum atomic E-state index is -0.905. The van der Waals surface area contributed by atoms with Crippen LogP contribution in [0.25, 0.3) is 0 Å². The topological polar surface area (TPSA) is 23.6 Å². The fourth-order valence-corrected chi connectivity index (χ4v) is 13.0. The van der Waals surface area contributed by atoms with Crippen molar-refractivity contribution in [2.75, 3.05) is 19.6 Å². The number of amides is 1. The summed E-state index contributed by atoms with van der Waals surface area (Å²) in [4.78, 5) is 17.5. The molecule has 4 aliphatic rings. The minimum Gasteiger partial charge on any atom is -0.338 e. The van der Waals surface area contributed by atoms with Gasteiger partial charge in [0, 0.05) is 68.8 Å². The molecular formula is C54H46Cl6F4N2O. The van der Waals surface area contributed by atoms with Crippen molar-refractivity contribution in [1.82, 2.24) is 9.80 Å². The van der Waals surface area contributed by atoms with Crippen molar-refractivity contribution in [3.05, 3.63) is 208 Å². The number of halogens is 10. The Morgan fingerprint density at radius 2 is 0.910 bits per heavy atom. The number of likely N-dealkylation sites (tertiary alicyclic amines) is 2. The molecule has 10 rings (SSSR count). The van der Waals surface area contributed by atoms with Crippen LogP contribution < -0.4 is 0 Å². The lowest BCUT2D eigenvalue weighted by Gasteiger charge is -2.41. The lowest BCUT2D eigenvalue weighted by atomic mass is 9.63. The van der Waals surface area contributed by atoms with Gasteiger partial charge in [0.05, 0.1) is 0 Å². The van der Waals surface area contributed by atoms with Gasteiger partial charge in [-0.3, -0.25) is 9.69 Å². The highest BCUT2D eigenvalue weighted by molar-refractivity contribution is 6.35. The van der Waals surface area contributed by atoms with Crippen molar-refractivity contribution >= 4 is 75.5 Å². The molecule has 8 atom stereocenters. The van der Waals surface area contributed by atoms with Gasteiger partial charge in [0.25, 0.3) is 0 Å². The summed E-state index contributed by atoms with van der Waals surface area (Å²) in [5.74, 6) is -1.70. The summed E-state index contributed by atoms with van der Waals surface area (Å²) < 4.78 is 54.2. The molecule has 2 heterocycles. The third kappa shape index (κ3) is 10.5. The Bertz CT molecular complexity index is 2760. The largest absolute Gasteiger partial charge is 0.338 e. The van der Waals surface area contributed by atoms with Crippen LogP contribution in [0.5, 0.6) is 0 Å². The van der Waals surface area contributed by atoms with Gasteiger partial charge in [-0.2, -0.15) is 0 Å². The van der Waals surface area contributed by atoms with Crippen molar-refractivity contribution in [2.24, 2.45) is 23.7 Å². The van der Waals surface area contributed by atoms with E-state index in [0.717, 1.165) is 78.2 Å². The molecule has 2 saturated heterocycles. The van der Waals surface area contributed by atoms with Crippen molar-refractivity contribution in [1.29, 1.82) is 0 Å². The second-order valence-corrected chi connectivity index (χ2v) is 21.0. The first-order valence-corrected chi connectivity index (χ1v) is 24.8. The Labute approximate surface area is 418 Å². The molecule has 6 aromatic rings. The smallest absolute Gasteiger partial charge is 0.226 e. The Morgan fingerprint density at radius 3 is 1.42 bits per heavy atom. The second-order valence-electron chi connectivity index (χ2n) is 18.5. The fraction of sp³-hybridized carbons (Fsp3) is 0.315. The standard InChI is InChI=1S/C27H22Cl3F2NO.C27H24Cl3F2N/c28-17-4-2-16(3-5-17)26-20(19-7-6-18(29)12-23(19)30)8-9-21-22(26)14-33(27(21)34)13-15-1-10-24(31)25(32)11-15;28-19-5-2-17(3-6-19)27-22(21-9-7-20(29)12-24(21)30)8-4-18-14-33(15-23(18)27)13-16-1-10-25(31)26(32)11-16/h1-7,10-12,20-22,26H,8-9,13-14H2;1-3,5-7,9-12,18,22-23,27H,4,8,13-15H2/t20-,21+,22+,26-;18-,22-,23+,27-/m00/s1. The normalized spacial score (nSPS) is 24.8. The number of hydrogen-bond donors (Lipinski definition) is 0. The van der Waals surface area contributed by atoms with Crippen LogP contribution in [0.2, 0.25) is 30.1 Å². The minimum absolute atomic E-state index is 0.0496. The van der Waals surface area contributed by atoms with Crippen LogP contribution in [0, 0.1) is 46.9 Å². The average Bonchev–Trinajstić information content (AvgIpc) is 3.86. The van der Waals surface area contributed by atoms with Crippen LogP contribution in [-0.2, 0) is 17.9 Å². The molecule has 0 spiro atoms. The zero-order chi connectivity index (χ0) is 47.1. The lowest BCUT2D eigenvalue weighted by molar-refractivity contribution is -0.132. The summed E-state index contributed by atoms with van der Waals surface area (Å²) in [5, 5.41) is 3.93. The van der Waals surface area contributed by atoms with Gasteiger partial charge in [0.15, 0.2) is 23.3 Å². The van der Waals surface area contributed by atoms with Gasteiger partial charge in [0.1, 0.15) is 0 Å². The highest BCUT2D eigenvalue weighted by Gasteiger charge is 2.50. The predicted octanol–water partition coefficient (Wildman–Crippen LogP) is 16.2. The summed E-state index contributed by atoms with van der Waals surface area (Å²) >= 11 is 38.0. The molecule has 2 aliphatic heterocycles. The average molecular weight is 1030 g/mol. The number of rotatable bonds is 8. The van der Waals surface area contributed by atoms with E-state index in [2.05, 4.69) is 23.1 Å². The molecule has 3 nitrogen and oxygen atoms in total. The van der Waals surface area contributed by atoms with Gasteiger partial charge < -0.3 is 4.90 Å². The molecule has 6 aromatic carbocycles. The number of benzene rings is 6. The summed E-state index contributed by atoms with van der Waals surface area (Å²) in [7, 11) is 0. The lowest BCUT2D eigenvalue weighted by Crippen LogP contribution is -2.32. The first kappa shape index (κ1) is 48.2.